The maximum Gasteiger partial charge on any atom is 0.146 e. The third-order valence-corrected chi connectivity index (χ3v) is 2.85. The Morgan fingerprint density at radius 1 is 1.33 bits per heavy atom. The van der Waals surface area contributed by atoms with Crippen molar-refractivity contribution in [3.8, 4) is 0 Å². The molecule has 0 unspecified atom stereocenters. The van der Waals surface area contributed by atoms with Crippen molar-refractivity contribution >= 4 is 0 Å². The molecule has 0 aliphatic heterocycles. The van der Waals surface area contributed by atoms with Crippen LogP contribution in [0.4, 0.5) is 0 Å². The third-order valence-electron chi connectivity index (χ3n) is 2.85. The average molecular weight is 247 g/mol. The lowest BCUT2D eigenvalue weighted by molar-refractivity contribution is 0.554. The van der Waals surface area contributed by atoms with E-state index in [4.69, 9.17) is 0 Å². The molecular weight excluding hydrogens is 226 g/mol. The molecule has 5 heteroatoms. The lowest BCUT2D eigenvalue weighted by atomic mass is 10.3. The number of aromatic nitrogens is 4. The van der Waals surface area contributed by atoms with Crippen LogP contribution in [0, 0.1) is 0 Å². The maximum atomic E-state index is 4.32. The predicted molar refractivity (Wildman–Crippen MR) is 71.2 cm³/mol. The fourth-order valence-corrected chi connectivity index (χ4v) is 1.94. The van der Waals surface area contributed by atoms with Crippen molar-refractivity contribution in [3.05, 3.63) is 36.2 Å². The van der Waals surface area contributed by atoms with E-state index in [-0.39, 0.29) is 0 Å². The number of nitrogens with one attached hydrogen (secondary N) is 1. The van der Waals surface area contributed by atoms with Crippen LogP contribution in [-0.4, -0.2) is 25.9 Å². The first kappa shape index (κ1) is 12.8. The van der Waals surface area contributed by atoms with E-state index in [9.17, 15) is 0 Å². The Labute approximate surface area is 108 Å². The summed E-state index contributed by atoms with van der Waals surface area (Å²) in [7, 11) is 0. The Morgan fingerprint density at radius 3 is 3.00 bits per heavy atom. The Kier molecular flexibility index (Phi) is 4.52. The molecule has 0 bridgehead atoms. The fraction of sp³-hybridized carbons (Fsp3) is 0.538. The summed E-state index contributed by atoms with van der Waals surface area (Å²) in [6.45, 7) is 7.90. The number of nitrogens with zero attached hydrogens (tertiary/aromatic N) is 4. The van der Waals surface area contributed by atoms with Gasteiger partial charge in [0.1, 0.15) is 12.2 Å². The summed E-state index contributed by atoms with van der Waals surface area (Å²) in [5.74, 6) is 1.02. The smallest absolute Gasteiger partial charge is 0.146 e. The second kappa shape index (κ2) is 6.35. The molecule has 5 nitrogen and oxygen atoms in total. The molecule has 0 aliphatic rings. The summed E-state index contributed by atoms with van der Waals surface area (Å²) in [4.78, 5) is 4.32. The van der Waals surface area contributed by atoms with Crippen LogP contribution in [-0.2, 0) is 19.6 Å². The van der Waals surface area contributed by atoms with Crippen LogP contribution in [0.5, 0.6) is 0 Å². The summed E-state index contributed by atoms with van der Waals surface area (Å²) >= 11 is 0. The molecule has 0 saturated heterocycles. The minimum absolute atomic E-state index is 0.784. The largest absolute Gasteiger partial charge is 0.346 e. The van der Waals surface area contributed by atoms with E-state index in [2.05, 4.69) is 52.3 Å². The van der Waals surface area contributed by atoms with Crippen LogP contribution in [0.3, 0.4) is 0 Å². The Balaban J connectivity index is 1.99. The van der Waals surface area contributed by atoms with Crippen molar-refractivity contribution in [2.75, 3.05) is 6.54 Å². The Morgan fingerprint density at radius 2 is 2.22 bits per heavy atom. The molecular formula is C13H21N5. The van der Waals surface area contributed by atoms with Crippen molar-refractivity contribution in [2.45, 2.75) is 39.9 Å². The highest BCUT2D eigenvalue weighted by molar-refractivity contribution is 5.10. The second-order valence-electron chi connectivity index (χ2n) is 4.37. The van der Waals surface area contributed by atoms with Crippen LogP contribution in [0.25, 0.3) is 0 Å². The molecule has 2 aromatic heterocycles. The Bertz CT molecular complexity index is 471. The first-order valence-corrected chi connectivity index (χ1v) is 6.55. The topological polar surface area (TPSA) is 47.7 Å². The van der Waals surface area contributed by atoms with Gasteiger partial charge in [-0.1, -0.05) is 13.8 Å². The normalized spacial score (nSPS) is 11.0. The van der Waals surface area contributed by atoms with Gasteiger partial charge in [0.25, 0.3) is 0 Å². The molecule has 18 heavy (non-hydrogen) atoms. The van der Waals surface area contributed by atoms with E-state index < -0.39 is 0 Å². The molecule has 0 saturated carbocycles. The summed E-state index contributed by atoms with van der Waals surface area (Å²) in [6.07, 6.45) is 6.97. The lowest BCUT2D eigenvalue weighted by Crippen LogP contribution is -2.11. The summed E-state index contributed by atoms with van der Waals surface area (Å²) in [5.41, 5.74) is 1.30. The van der Waals surface area contributed by atoms with Gasteiger partial charge in [-0.25, -0.2) is 9.67 Å². The number of aryl methyl sites for hydroxylation is 1. The van der Waals surface area contributed by atoms with E-state index in [0.717, 1.165) is 38.4 Å². The van der Waals surface area contributed by atoms with E-state index in [1.165, 1.54) is 5.56 Å². The van der Waals surface area contributed by atoms with Crippen molar-refractivity contribution in [3.63, 3.8) is 0 Å². The molecule has 0 aromatic carbocycles. The zero-order chi connectivity index (χ0) is 12.8. The van der Waals surface area contributed by atoms with Gasteiger partial charge in [0.2, 0.25) is 0 Å². The standard InChI is InChI=1S/C13H21N5/c1-3-6-18-13(15-11-16-18)10-17-7-5-12(9-17)8-14-4-2/h5,7,9,11,14H,3-4,6,8,10H2,1-2H3. The zero-order valence-electron chi connectivity index (χ0n) is 11.1. The van der Waals surface area contributed by atoms with Gasteiger partial charge in [-0.05, 0) is 24.6 Å². The van der Waals surface area contributed by atoms with Crippen LogP contribution in [0.2, 0.25) is 0 Å². The van der Waals surface area contributed by atoms with Crippen molar-refractivity contribution in [1.29, 1.82) is 0 Å². The van der Waals surface area contributed by atoms with E-state index in [1.807, 2.05) is 4.68 Å². The van der Waals surface area contributed by atoms with Gasteiger partial charge in [-0.15, -0.1) is 0 Å². The molecule has 98 valence electrons. The number of hydrogen-bond donors (Lipinski definition) is 1. The summed E-state index contributed by atoms with van der Waals surface area (Å²) in [5, 5.41) is 7.56. The monoisotopic (exact) mass is 247 g/mol. The predicted octanol–water partition coefficient (Wildman–Crippen LogP) is 1.65. The van der Waals surface area contributed by atoms with Crippen LogP contribution >= 0.6 is 0 Å². The van der Waals surface area contributed by atoms with Gasteiger partial charge in [-0.2, -0.15) is 5.10 Å². The molecule has 0 atom stereocenters. The van der Waals surface area contributed by atoms with Gasteiger partial charge in [0.05, 0.1) is 6.54 Å². The Hall–Kier alpha value is -1.62. The van der Waals surface area contributed by atoms with Gasteiger partial charge in [-0.3, -0.25) is 0 Å². The summed E-state index contributed by atoms with van der Waals surface area (Å²) in [6, 6.07) is 2.14. The molecule has 2 rings (SSSR count). The van der Waals surface area contributed by atoms with Gasteiger partial charge in [0, 0.05) is 25.5 Å². The highest BCUT2D eigenvalue weighted by Gasteiger charge is 2.04. The number of hydrogen-bond acceptors (Lipinski definition) is 3. The molecule has 0 amide bonds. The second-order valence-corrected chi connectivity index (χ2v) is 4.37. The molecule has 0 fully saturated rings. The molecule has 0 aliphatic carbocycles. The SMILES string of the molecule is CCCn1ncnc1Cn1ccc(CNCC)c1. The minimum atomic E-state index is 0.784. The molecule has 1 N–H and O–H groups in total. The van der Waals surface area contributed by atoms with Crippen LogP contribution in [0.15, 0.2) is 24.8 Å². The summed E-state index contributed by atoms with van der Waals surface area (Å²) < 4.78 is 4.13. The molecule has 0 radical (unpaired) electrons. The van der Waals surface area contributed by atoms with Gasteiger partial charge >= 0.3 is 0 Å². The van der Waals surface area contributed by atoms with E-state index >= 15 is 0 Å². The quantitative estimate of drug-likeness (QED) is 0.809. The van der Waals surface area contributed by atoms with Gasteiger partial charge < -0.3 is 9.88 Å². The van der Waals surface area contributed by atoms with E-state index in [0.29, 0.717) is 0 Å². The average Bonchev–Trinajstić information content (AvgIpc) is 2.98. The molecule has 0 spiro atoms. The molecule has 2 heterocycles. The minimum Gasteiger partial charge on any atom is -0.346 e. The van der Waals surface area contributed by atoms with Crippen molar-refractivity contribution < 1.29 is 0 Å². The lowest BCUT2D eigenvalue weighted by Gasteiger charge is -2.05. The van der Waals surface area contributed by atoms with Crippen molar-refractivity contribution in [1.82, 2.24) is 24.6 Å². The number of rotatable bonds is 7. The van der Waals surface area contributed by atoms with Crippen LogP contribution in [0.1, 0.15) is 31.7 Å². The van der Waals surface area contributed by atoms with Gasteiger partial charge in [0.15, 0.2) is 0 Å². The first-order chi connectivity index (χ1) is 8.83. The first-order valence-electron chi connectivity index (χ1n) is 6.55. The third kappa shape index (κ3) is 3.20. The molecule has 2 aromatic rings. The highest BCUT2D eigenvalue weighted by atomic mass is 15.3. The zero-order valence-corrected chi connectivity index (χ0v) is 11.1. The fourth-order valence-electron chi connectivity index (χ4n) is 1.94. The maximum absolute atomic E-state index is 4.32. The highest BCUT2D eigenvalue weighted by Crippen LogP contribution is 2.05. The van der Waals surface area contributed by atoms with Crippen molar-refractivity contribution in [2.24, 2.45) is 0 Å². The van der Waals surface area contributed by atoms with E-state index in [1.54, 1.807) is 6.33 Å². The van der Waals surface area contributed by atoms with Crippen LogP contribution < -0.4 is 5.32 Å².